The van der Waals surface area contributed by atoms with Crippen LogP contribution >= 0.6 is 0 Å². The molecule has 15 heavy (non-hydrogen) atoms. The first-order valence-electron chi connectivity index (χ1n) is 4.62. The Hall–Kier alpha value is -2.10. The molecule has 2 N–H and O–H groups in total. The highest BCUT2D eigenvalue weighted by Gasteiger charge is 1.95. The maximum absolute atomic E-state index is 9.24. The molecule has 0 atom stereocenters. The Balaban J connectivity index is 1.99. The molecular weight excluding hydrogens is 190 g/mol. The van der Waals surface area contributed by atoms with E-state index in [-0.39, 0.29) is 5.75 Å². The Morgan fingerprint density at radius 1 is 1.27 bits per heavy atom. The van der Waals surface area contributed by atoms with Crippen molar-refractivity contribution in [3.63, 3.8) is 0 Å². The minimum atomic E-state index is 0.252. The smallest absolute Gasteiger partial charge is 0.117 e. The maximum atomic E-state index is 9.24. The summed E-state index contributed by atoms with van der Waals surface area (Å²) in [7, 11) is 0. The summed E-state index contributed by atoms with van der Waals surface area (Å²) in [4.78, 5) is 7.92. The minimum Gasteiger partial charge on any atom is -0.508 e. The molecule has 4 nitrogen and oxygen atoms in total. The summed E-state index contributed by atoms with van der Waals surface area (Å²) >= 11 is 0. The van der Waals surface area contributed by atoms with Crippen molar-refractivity contribution in [3.8, 4) is 5.75 Å². The van der Waals surface area contributed by atoms with E-state index in [1.807, 2.05) is 12.1 Å². The molecule has 1 aromatic carbocycles. The summed E-state index contributed by atoms with van der Waals surface area (Å²) in [6.07, 6.45) is 3.21. The molecule has 1 aromatic heterocycles. The van der Waals surface area contributed by atoms with E-state index in [2.05, 4.69) is 15.3 Å². The highest BCUT2D eigenvalue weighted by Crippen LogP contribution is 2.15. The molecule has 0 aliphatic carbocycles. The zero-order valence-electron chi connectivity index (χ0n) is 8.09. The fourth-order valence-electron chi connectivity index (χ4n) is 1.23. The summed E-state index contributed by atoms with van der Waals surface area (Å²) in [5.74, 6) is 0.252. The number of rotatable bonds is 3. The van der Waals surface area contributed by atoms with Crippen LogP contribution in [0.1, 0.15) is 5.69 Å². The summed E-state index contributed by atoms with van der Waals surface area (Å²) in [6, 6.07) is 8.82. The van der Waals surface area contributed by atoms with Crippen molar-refractivity contribution in [1.82, 2.24) is 9.97 Å². The van der Waals surface area contributed by atoms with Gasteiger partial charge in [0.25, 0.3) is 0 Å². The van der Waals surface area contributed by atoms with Crippen molar-refractivity contribution >= 4 is 5.69 Å². The van der Waals surface area contributed by atoms with E-state index in [0.717, 1.165) is 11.4 Å². The lowest BCUT2D eigenvalue weighted by atomic mass is 10.3. The first kappa shape index (κ1) is 9.45. The first-order chi connectivity index (χ1) is 7.34. The highest BCUT2D eigenvalue weighted by molar-refractivity contribution is 5.47. The van der Waals surface area contributed by atoms with Gasteiger partial charge in [-0.15, -0.1) is 0 Å². The van der Waals surface area contributed by atoms with Gasteiger partial charge in [-0.05, 0) is 18.2 Å². The highest BCUT2D eigenvalue weighted by atomic mass is 16.3. The van der Waals surface area contributed by atoms with Crippen molar-refractivity contribution in [2.75, 3.05) is 5.32 Å². The summed E-state index contributed by atoms with van der Waals surface area (Å²) < 4.78 is 0. The molecule has 0 bridgehead atoms. The number of nitrogens with zero attached hydrogens (tertiary/aromatic N) is 2. The lowest BCUT2D eigenvalue weighted by molar-refractivity contribution is 0.475. The number of nitrogens with one attached hydrogen (secondary N) is 1. The molecule has 2 rings (SSSR count). The number of phenolic OH excluding ortho intramolecular Hbond substituents is 1. The standard InChI is InChI=1S/C11H11N3O/c15-11-3-1-2-9(6-11)13-7-10-4-5-12-8-14-10/h1-6,8,13,15H,7H2. The molecule has 0 spiro atoms. The van der Waals surface area contributed by atoms with Crippen molar-refractivity contribution in [2.45, 2.75) is 6.54 Å². The fourth-order valence-corrected chi connectivity index (χ4v) is 1.23. The van der Waals surface area contributed by atoms with Crippen LogP contribution in [0.5, 0.6) is 5.75 Å². The van der Waals surface area contributed by atoms with Crippen LogP contribution in [-0.2, 0) is 6.54 Å². The molecule has 0 radical (unpaired) electrons. The van der Waals surface area contributed by atoms with Crippen molar-refractivity contribution < 1.29 is 5.11 Å². The second kappa shape index (κ2) is 4.41. The molecule has 0 aliphatic rings. The van der Waals surface area contributed by atoms with Gasteiger partial charge in [0, 0.05) is 18.0 Å². The molecule has 0 unspecified atom stereocenters. The number of hydrogen-bond acceptors (Lipinski definition) is 4. The lowest BCUT2D eigenvalue weighted by Gasteiger charge is -2.05. The van der Waals surface area contributed by atoms with Crippen LogP contribution in [0, 0.1) is 0 Å². The molecular formula is C11H11N3O. The first-order valence-corrected chi connectivity index (χ1v) is 4.62. The van der Waals surface area contributed by atoms with E-state index in [1.54, 1.807) is 24.4 Å². The summed E-state index contributed by atoms with van der Waals surface area (Å²) in [6.45, 7) is 0.617. The van der Waals surface area contributed by atoms with E-state index >= 15 is 0 Å². The van der Waals surface area contributed by atoms with E-state index in [9.17, 15) is 5.11 Å². The number of benzene rings is 1. The Labute approximate surface area is 87.6 Å². The molecule has 4 heteroatoms. The van der Waals surface area contributed by atoms with Crippen LogP contribution in [0.25, 0.3) is 0 Å². The largest absolute Gasteiger partial charge is 0.508 e. The number of aromatic hydroxyl groups is 1. The van der Waals surface area contributed by atoms with Gasteiger partial charge in [-0.1, -0.05) is 6.07 Å². The predicted octanol–water partition coefficient (Wildman–Crippen LogP) is 1.79. The van der Waals surface area contributed by atoms with E-state index in [4.69, 9.17) is 0 Å². The predicted molar refractivity (Wildman–Crippen MR) is 57.5 cm³/mol. The van der Waals surface area contributed by atoms with Gasteiger partial charge in [0.05, 0.1) is 12.2 Å². The van der Waals surface area contributed by atoms with Gasteiger partial charge < -0.3 is 10.4 Å². The topological polar surface area (TPSA) is 58.0 Å². The number of anilines is 1. The van der Waals surface area contributed by atoms with E-state index in [0.29, 0.717) is 6.54 Å². The van der Waals surface area contributed by atoms with Gasteiger partial charge in [0.2, 0.25) is 0 Å². The number of phenols is 1. The Morgan fingerprint density at radius 2 is 2.20 bits per heavy atom. The average molecular weight is 201 g/mol. The van der Waals surface area contributed by atoms with Gasteiger partial charge in [0.1, 0.15) is 12.1 Å². The van der Waals surface area contributed by atoms with Crippen molar-refractivity contribution in [3.05, 3.63) is 48.5 Å². The Bertz CT molecular complexity index is 431. The van der Waals surface area contributed by atoms with Gasteiger partial charge in [-0.2, -0.15) is 0 Å². The fraction of sp³-hybridized carbons (Fsp3) is 0.0909. The molecule has 0 amide bonds. The molecule has 76 valence electrons. The number of aromatic nitrogens is 2. The third-order valence-electron chi connectivity index (χ3n) is 1.96. The monoisotopic (exact) mass is 201 g/mol. The second-order valence-electron chi connectivity index (χ2n) is 3.10. The van der Waals surface area contributed by atoms with Gasteiger partial charge in [-0.25, -0.2) is 9.97 Å². The molecule has 0 saturated heterocycles. The zero-order chi connectivity index (χ0) is 10.5. The van der Waals surface area contributed by atoms with Crippen LogP contribution in [0.2, 0.25) is 0 Å². The third kappa shape index (κ3) is 2.67. The summed E-state index contributed by atoms with van der Waals surface area (Å²) in [5, 5.41) is 12.4. The molecule has 2 aromatic rings. The Kier molecular flexibility index (Phi) is 2.78. The van der Waals surface area contributed by atoms with Gasteiger partial charge in [-0.3, -0.25) is 0 Å². The molecule has 0 fully saturated rings. The van der Waals surface area contributed by atoms with Crippen molar-refractivity contribution in [1.29, 1.82) is 0 Å². The van der Waals surface area contributed by atoms with Crippen LogP contribution in [0.15, 0.2) is 42.9 Å². The molecule has 1 heterocycles. The quantitative estimate of drug-likeness (QED) is 0.794. The average Bonchev–Trinajstić information content (AvgIpc) is 2.28. The SMILES string of the molecule is Oc1cccc(NCc2ccncn2)c1. The van der Waals surface area contributed by atoms with Gasteiger partial charge >= 0.3 is 0 Å². The van der Waals surface area contributed by atoms with Crippen LogP contribution in [0.4, 0.5) is 5.69 Å². The summed E-state index contributed by atoms with van der Waals surface area (Å²) in [5.41, 5.74) is 1.78. The van der Waals surface area contributed by atoms with Crippen molar-refractivity contribution in [2.24, 2.45) is 0 Å². The normalized spacial score (nSPS) is 9.87. The van der Waals surface area contributed by atoms with Crippen LogP contribution < -0.4 is 5.32 Å². The molecule has 0 aliphatic heterocycles. The maximum Gasteiger partial charge on any atom is 0.117 e. The van der Waals surface area contributed by atoms with E-state index < -0.39 is 0 Å². The number of hydrogen-bond donors (Lipinski definition) is 2. The van der Waals surface area contributed by atoms with Gasteiger partial charge in [0.15, 0.2) is 0 Å². The van der Waals surface area contributed by atoms with E-state index in [1.165, 1.54) is 6.33 Å². The van der Waals surface area contributed by atoms with Crippen LogP contribution in [-0.4, -0.2) is 15.1 Å². The minimum absolute atomic E-state index is 0.252. The third-order valence-corrected chi connectivity index (χ3v) is 1.96. The van der Waals surface area contributed by atoms with Crippen LogP contribution in [0.3, 0.4) is 0 Å². The second-order valence-corrected chi connectivity index (χ2v) is 3.10. The zero-order valence-corrected chi connectivity index (χ0v) is 8.09. The Morgan fingerprint density at radius 3 is 2.93 bits per heavy atom. The lowest BCUT2D eigenvalue weighted by Crippen LogP contribution is -2.01. The molecule has 0 saturated carbocycles.